The molecule has 0 aliphatic heterocycles. The third kappa shape index (κ3) is 2.70. The molecule has 0 aliphatic rings. The van der Waals surface area contributed by atoms with Gasteiger partial charge in [-0.3, -0.25) is 4.68 Å². The molecule has 0 fully saturated rings. The minimum atomic E-state index is 0.383. The standard InChI is InChI=1S/C17H16ClN7O/c1-25-8-13(16(24-25)26-2)22-17-21-7-11(18)14(23-17)10-6-20-15-9(10)4-3-5-12(15)19/h3-8,20H,19H2,1-2H3,(H,21,22,23). The second-order valence-corrected chi connectivity index (χ2v) is 6.12. The van der Waals surface area contributed by atoms with Gasteiger partial charge in [0.2, 0.25) is 5.95 Å². The Kier molecular flexibility index (Phi) is 3.89. The fourth-order valence-electron chi connectivity index (χ4n) is 2.81. The Morgan fingerprint density at radius 2 is 2.19 bits per heavy atom. The Labute approximate surface area is 154 Å². The van der Waals surface area contributed by atoms with Crippen LogP contribution < -0.4 is 15.8 Å². The van der Waals surface area contributed by atoms with Crippen molar-refractivity contribution in [3.63, 3.8) is 0 Å². The van der Waals surface area contributed by atoms with Gasteiger partial charge in [-0.15, -0.1) is 5.10 Å². The van der Waals surface area contributed by atoms with Gasteiger partial charge in [-0.2, -0.15) is 0 Å². The quantitative estimate of drug-likeness (QED) is 0.476. The Morgan fingerprint density at radius 1 is 1.35 bits per heavy atom. The number of halogens is 1. The van der Waals surface area contributed by atoms with E-state index in [0.717, 1.165) is 16.5 Å². The van der Waals surface area contributed by atoms with E-state index >= 15 is 0 Å². The molecule has 3 heterocycles. The Bertz CT molecular complexity index is 1100. The maximum Gasteiger partial charge on any atom is 0.256 e. The predicted molar refractivity (Wildman–Crippen MR) is 102 cm³/mol. The number of methoxy groups -OCH3 is 1. The van der Waals surface area contributed by atoms with Crippen molar-refractivity contribution in [3.8, 4) is 17.1 Å². The van der Waals surface area contributed by atoms with Gasteiger partial charge in [-0.05, 0) is 6.07 Å². The molecule has 0 atom stereocenters. The summed E-state index contributed by atoms with van der Waals surface area (Å²) < 4.78 is 6.88. The monoisotopic (exact) mass is 369 g/mol. The number of nitrogens with two attached hydrogens (primary N) is 1. The maximum atomic E-state index is 6.35. The first-order valence-electron chi connectivity index (χ1n) is 7.80. The van der Waals surface area contributed by atoms with Crippen molar-refractivity contribution in [2.45, 2.75) is 0 Å². The highest BCUT2D eigenvalue weighted by atomic mass is 35.5. The lowest BCUT2D eigenvalue weighted by molar-refractivity contribution is 0.393. The molecule has 3 aromatic heterocycles. The molecule has 0 saturated carbocycles. The summed E-state index contributed by atoms with van der Waals surface area (Å²) in [5.74, 6) is 0.835. The van der Waals surface area contributed by atoms with Gasteiger partial charge in [0, 0.05) is 24.2 Å². The molecule has 26 heavy (non-hydrogen) atoms. The van der Waals surface area contributed by atoms with Crippen LogP contribution in [0.5, 0.6) is 5.88 Å². The molecule has 0 unspecified atom stereocenters. The van der Waals surface area contributed by atoms with Crippen LogP contribution >= 0.6 is 11.6 Å². The fourth-order valence-corrected chi connectivity index (χ4v) is 3.01. The molecule has 0 aliphatic carbocycles. The SMILES string of the molecule is COc1nn(C)cc1Nc1ncc(Cl)c(-c2c[nH]c3c(N)cccc23)n1. The van der Waals surface area contributed by atoms with E-state index in [4.69, 9.17) is 22.1 Å². The number of hydrogen-bond acceptors (Lipinski definition) is 6. The molecular formula is C17H16ClN7O. The number of aromatic nitrogens is 5. The number of benzene rings is 1. The Hall–Kier alpha value is -3.26. The normalized spacial score (nSPS) is 11.0. The van der Waals surface area contributed by atoms with Gasteiger partial charge in [0.05, 0.1) is 41.4 Å². The first-order valence-corrected chi connectivity index (χ1v) is 8.17. The summed E-state index contributed by atoms with van der Waals surface area (Å²) in [4.78, 5) is 12.0. The number of ether oxygens (including phenoxy) is 1. The lowest BCUT2D eigenvalue weighted by Crippen LogP contribution is -1.99. The first-order chi connectivity index (χ1) is 12.6. The topological polar surface area (TPSA) is 107 Å². The summed E-state index contributed by atoms with van der Waals surface area (Å²) >= 11 is 6.35. The Balaban J connectivity index is 1.78. The molecule has 1 aromatic carbocycles. The third-order valence-corrected chi connectivity index (χ3v) is 4.26. The number of para-hydroxylation sites is 1. The van der Waals surface area contributed by atoms with Gasteiger partial charge in [0.1, 0.15) is 5.69 Å². The van der Waals surface area contributed by atoms with Crippen LogP contribution in [0.3, 0.4) is 0 Å². The van der Waals surface area contributed by atoms with Crippen molar-refractivity contribution in [2.24, 2.45) is 7.05 Å². The number of rotatable bonds is 4. The van der Waals surface area contributed by atoms with Crippen LogP contribution in [-0.2, 0) is 7.05 Å². The van der Waals surface area contributed by atoms with Crippen LogP contribution in [-0.4, -0.2) is 31.8 Å². The molecule has 0 amide bonds. The second kappa shape index (κ2) is 6.23. The second-order valence-electron chi connectivity index (χ2n) is 5.71. The highest BCUT2D eigenvalue weighted by molar-refractivity contribution is 6.33. The van der Waals surface area contributed by atoms with Crippen molar-refractivity contribution < 1.29 is 4.74 Å². The average molecular weight is 370 g/mol. The number of hydrogen-bond donors (Lipinski definition) is 3. The molecule has 9 heteroatoms. The van der Waals surface area contributed by atoms with E-state index in [1.165, 1.54) is 0 Å². The highest BCUT2D eigenvalue weighted by Gasteiger charge is 2.15. The number of H-pyrrole nitrogens is 1. The van der Waals surface area contributed by atoms with Gasteiger partial charge in [0.25, 0.3) is 5.88 Å². The zero-order chi connectivity index (χ0) is 18.3. The number of fused-ring (bicyclic) bond motifs is 1. The third-order valence-electron chi connectivity index (χ3n) is 3.98. The highest BCUT2D eigenvalue weighted by Crippen LogP contribution is 2.34. The average Bonchev–Trinajstić information content (AvgIpc) is 3.21. The van der Waals surface area contributed by atoms with Crippen molar-refractivity contribution in [2.75, 3.05) is 18.2 Å². The fraction of sp³-hybridized carbons (Fsp3) is 0.118. The van der Waals surface area contributed by atoms with Crippen molar-refractivity contribution in [1.29, 1.82) is 0 Å². The predicted octanol–water partition coefficient (Wildman–Crippen LogP) is 3.35. The van der Waals surface area contributed by atoms with E-state index in [1.807, 2.05) is 24.4 Å². The first kappa shape index (κ1) is 16.2. The van der Waals surface area contributed by atoms with Gasteiger partial charge in [-0.1, -0.05) is 23.7 Å². The van der Waals surface area contributed by atoms with E-state index in [9.17, 15) is 0 Å². The molecule has 4 rings (SSSR count). The molecule has 0 saturated heterocycles. The lowest BCUT2D eigenvalue weighted by Gasteiger charge is -2.07. The molecule has 0 bridgehead atoms. The van der Waals surface area contributed by atoms with Crippen LogP contribution in [0.25, 0.3) is 22.2 Å². The van der Waals surface area contributed by atoms with E-state index in [1.54, 1.807) is 31.2 Å². The number of nitrogens with one attached hydrogen (secondary N) is 2. The molecule has 0 spiro atoms. The summed E-state index contributed by atoms with van der Waals surface area (Å²) in [5.41, 5.74) is 9.64. The Morgan fingerprint density at radius 3 is 3.00 bits per heavy atom. The molecule has 4 N–H and O–H groups in total. The van der Waals surface area contributed by atoms with E-state index in [2.05, 4.69) is 25.4 Å². The van der Waals surface area contributed by atoms with Gasteiger partial charge >= 0.3 is 0 Å². The zero-order valence-electron chi connectivity index (χ0n) is 14.1. The van der Waals surface area contributed by atoms with E-state index in [-0.39, 0.29) is 0 Å². The minimum absolute atomic E-state index is 0.383. The van der Waals surface area contributed by atoms with Crippen LogP contribution in [0.2, 0.25) is 5.02 Å². The molecule has 8 nitrogen and oxygen atoms in total. The van der Waals surface area contributed by atoms with Crippen molar-refractivity contribution >= 4 is 39.8 Å². The van der Waals surface area contributed by atoms with Crippen LogP contribution in [0.15, 0.2) is 36.8 Å². The number of nitrogens with zero attached hydrogens (tertiary/aromatic N) is 4. The van der Waals surface area contributed by atoms with E-state index < -0.39 is 0 Å². The number of aromatic amines is 1. The van der Waals surface area contributed by atoms with Crippen LogP contribution in [0.4, 0.5) is 17.3 Å². The minimum Gasteiger partial charge on any atom is -0.478 e. The lowest BCUT2D eigenvalue weighted by atomic mass is 10.1. The van der Waals surface area contributed by atoms with Crippen LogP contribution in [0, 0.1) is 0 Å². The largest absolute Gasteiger partial charge is 0.478 e. The summed E-state index contributed by atoms with van der Waals surface area (Å²) in [7, 11) is 3.36. The summed E-state index contributed by atoms with van der Waals surface area (Å²) in [6.45, 7) is 0. The smallest absolute Gasteiger partial charge is 0.256 e. The number of nitrogen functional groups attached to an aromatic ring is 1. The maximum absolute atomic E-state index is 6.35. The van der Waals surface area contributed by atoms with Gasteiger partial charge in [0.15, 0.2) is 0 Å². The van der Waals surface area contributed by atoms with E-state index in [0.29, 0.717) is 33.9 Å². The van der Waals surface area contributed by atoms with Crippen molar-refractivity contribution in [3.05, 3.63) is 41.8 Å². The molecular weight excluding hydrogens is 354 g/mol. The molecule has 4 aromatic rings. The number of anilines is 3. The van der Waals surface area contributed by atoms with Crippen LogP contribution in [0.1, 0.15) is 0 Å². The summed E-state index contributed by atoms with van der Waals surface area (Å²) in [5, 5.41) is 8.69. The number of aryl methyl sites for hydroxylation is 1. The molecule has 132 valence electrons. The van der Waals surface area contributed by atoms with Gasteiger partial charge < -0.3 is 20.8 Å². The zero-order valence-corrected chi connectivity index (χ0v) is 14.9. The molecule has 0 radical (unpaired) electrons. The van der Waals surface area contributed by atoms with Gasteiger partial charge in [-0.25, -0.2) is 9.97 Å². The summed E-state index contributed by atoms with van der Waals surface area (Å²) in [6, 6.07) is 5.70. The van der Waals surface area contributed by atoms with Crippen molar-refractivity contribution in [1.82, 2.24) is 24.7 Å². The summed E-state index contributed by atoms with van der Waals surface area (Å²) in [6.07, 6.45) is 5.17.